The maximum Gasteiger partial charge on any atom is 0.338 e. The Labute approximate surface area is 179 Å². The van der Waals surface area contributed by atoms with E-state index in [-0.39, 0.29) is 24.7 Å². The topological polar surface area (TPSA) is 73.3 Å². The van der Waals surface area contributed by atoms with E-state index >= 15 is 0 Å². The number of nitro benzene ring substituents is 1. The van der Waals surface area contributed by atoms with Gasteiger partial charge in [-0.15, -0.1) is 0 Å². The summed E-state index contributed by atoms with van der Waals surface area (Å²) in [7, 11) is 0. The Morgan fingerprint density at radius 1 is 1.17 bits per heavy atom. The Balaban J connectivity index is 0.00000300. The Bertz CT molecular complexity index is 1000. The van der Waals surface area contributed by atoms with E-state index in [0.29, 0.717) is 12.0 Å². The molecule has 0 saturated heterocycles. The number of hydrogen-bond donors (Lipinski definition) is 0. The lowest BCUT2D eigenvalue weighted by molar-refractivity contribution is -0.689. The van der Waals surface area contributed by atoms with Crippen LogP contribution in [-0.4, -0.2) is 17.5 Å². The molecule has 0 atom stereocenters. The number of rotatable bonds is 7. The van der Waals surface area contributed by atoms with E-state index in [1.165, 1.54) is 40.3 Å². The molecule has 6 nitrogen and oxygen atoms in total. The van der Waals surface area contributed by atoms with Crippen molar-refractivity contribution in [3.63, 3.8) is 0 Å². The van der Waals surface area contributed by atoms with Gasteiger partial charge in [-0.25, -0.2) is 4.79 Å². The normalized spacial score (nSPS) is 10.3. The fourth-order valence-corrected chi connectivity index (χ4v) is 3.87. The number of ether oxygens (including phenoxy) is 1. The van der Waals surface area contributed by atoms with Crippen molar-refractivity contribution < 1.29 is 31.4 Å². The van der Waals surface area contributed by atoms with Crippen molar-refractivity contribution in [3.8, 4) is 0 Å². The molecule has 0 aliphatic carbocycles. The second-order valence-corrected chi connectivity index (χ2v) is 7.48. The van der Waals surface area contributed by atoms with Gasteiger partial charge < -0.3 is 17.1 Å². The summed E-state index contributed by atoms with van der Waals surface area (Å²) in [4.78, 5) is 23.4. The van der Waals surface area contributed by atoms with Gasteiger partial charge in [-0.05, 0) is 25.1 Å². The summed E-state index contributed by atoms with van der Waals surface area (Å²) in [6, 6.07) is 13.9. The van der Waals surface area contributed by atoms with Crippen molar-refractivity contribution in [2.45, 2.75) is 26.8 Å². The largest absolute Gasteiger partial charge is 1.00 e. The third-order valence-corrected chi connectivity index (χ3v) is 5.61. The molecule has 1 heterocycles. The summed E-state index contributed by atoms with van der Waals surface area (Å²) in [5.74, 6) is -0.475. The molecule has 0 aliphatic rings. The summed E-state index contributed by atoms with van der Waals surface area (Å²) in [5.41, 5.74) is 6.00. The van der Waals surface area contributed by atoms with Gasteiger partial charge in [-0.2, -0.15) is 4.57 Å². The number of aromatic nitrogens is 1. The van der Waals surface area contributed by atoms with Crippen LogP contribution in [0.3, 0.4) is 0 Å². The molecule has 3 rings (SSSR count). The number of nitro groups is 1. The molecular weight excluding hydrogens is 412 g/mol. The third-order valence-electron chi connectivity index (χ3n) is 4.47. The highest BCUT2D eigenvalue weighted by Gasteiger charge is 2.17. The molecule has 2 aromatic carbocycles. The highest BCUT2D eigenvalue weighted by Crippen LogP contribution is 2.15. The van der Waals surface area contributed by atoms with Crippen LogP contribution in [0.15, 0.2) is 54.0 Å². The maximum absolute atomic E-state index is 12.1. The van der Waals surface area contributed by atoms with E-state index in [0.717, 1.165) is 12.2 Å². The van der Waals surface area contributed by atoms with Crippen molar-refractivity contribution in [2.75, 3.05) is 6.61 Å². The summed E-state index contributed by atoms with van der Waals surface area (Å²) in [6.45, 7) is 5.23. The average molecular weight is 433 g/mol. The van der Waals surface area contributed by atoms with Crippen molar-refractivity contribution >= 4 is 23.0 Å². The zero-order valence-electron chi connectivity index (χ0n) is 16.1. The van der Waals surface area contributed by atoms with Crippen LogP contribution >= 0.6 is 11.3 Å². The second kappa shape index (κ2) is 10.1. The minimum Gasteiger partial charge on any atom is -1.00 e. The molecule has 0 radical (unpaired) electrons. The molecule has 0 saturated carbocycles. The van der Waals surface area contributed by atoms with Gasteiger partial charge in [0.2, 0.25) is 5.51 Å². The number of benzene rings is 2. The number of hydrogen-bond acceptors (Lipinski definition) is 5. The van der Waals surface area contributed by atoms with Crippen LogP contribution in [0.5, 0.6) is 0 Å². The van der Waals surface area contributed by atoms with Crippen molar-refractivity contribution in [1.82, 2.24) is 0 Å². The van der Waals surface area contributed by atoms with Crippen LogP contribution in [0.25, 0.3) is 0 Å². The minimum absolute atomic E-state index is 0. The van der Waals surface area contributed by atoms with E-state index in [9.17, 15) is 14.9 Å². The molecule has 0 bridgehead atoms. The summed E-state index contributed by atoms with van der Waals surface area (Å²) < 4.78 is 7.52. The SMILES string of the molecule is Cc1cccc(C[n+]2csc(CCOC(=O)c3ccc([N+](=O)[O-])cc3)c2C)c1.[Cl-]. The quantitative estimate of drug-likeness (QED) is 0.242. The van der Waals surface area contributed by atoms with Gasteiger partial charge in [0.1, 0.15) is 0 Å². The average Bonchev–Trinajstić information content (AvgIpc) is 3.01. The number of nitrogens with zero attached hydrogens (tertiary/aromatic N) is 2. The van der Waals surface area contributed by atoms with Gasteiger partial charge in [0.25, 0.3) is 5.69 Å². The highest BCUT2D eigenvalue weighted by molar-refractivity contribution is 7.09. The van der Waals surface area contributed by atoms with E-state index < -0.39 is 10.9 Å². The Kier molecular flexibility index (Phi) is 7.87. The lowest BCUT2D eigenvalue weighted by Gasteiger charge is -2.04. The molecule has 3 aromatic rings. The molecule has 0 amide bonds. The molecule has 0 spiro atoms. The van der Waals surface area contributed by atoms with Crippen LogP contribution in [0.4, 0.5) is 5.69 Å². The number of esters is 1. The van der Waals surface area contributed by atoms with Crippen LogP contribution in [0.2, 0.25) is 0 Å². The van der Waals surface area contributed by atoms with Gasteiger partial charge in [0, 0.05) is 31.0 Å². The van der Waals surface area contributed by atoms with E-state index in [2.05, 4.69) is 48.2 Å². The number of carbonyl (C=O) groups excluding carboxylic acids is 1. The van der Waals surface area contributed by atoms with Crippen LogP contribution in [0, 0.1) is 24.0 Å². The fraction of sp³-hybridized carbons (Fsp3) is 0.238. The monoisotopic (exact) mass is 432 g/mol. The molecule has 0 fully saturated rings. The van der Waals surface area contributed by atoms with Gasteiger partial charge >= 0.3 is 5.97 Å². The number of halogens is 1. The fourth-order valence-electron chi connectivity index (χ4n) is 2.89. The first kappa shape index (κ1) is 22.5. The van der Waals surface area contributed by atoms with Crippen molar-refractivity contribution in [2.24, 2.45) is 0 Å². The van der Waals surface area contributed by atoms with Crippen molar-refractivity contribution in [3.05, 3.63) is 91.4 Å². The molecule has 0 N–H and O–H groups in total. The van der Waals surface area contributed by atoms with Gasteiger partial charge in [0.15, 0.2) is 12.2 Å². The summed E-state index contributed by atoms with van der Waals surface area (Å²) in [5, 5.41) is 10.7. The number of thiazole rings is 1. The molecule has 29 heavy (non-hydrogen) atoms. The van der Waals surface area contributed by atoms with E-state index in [4.69, 9.17) is 4.74 Å². The first-order valence-electron chi connectivity index (χ1n) is 8.87. The molecule has 8 heteroatoms. The third kappa shape index (κ3) is 5.85. The Morgan fingerprint density at radius 2 is 1.90 bits per heavy atom. The predicted octanol–water partition coefficient (Wildman–Crippen LogP) is 1.01. The molecule has 152 valence electrons. The Hall–Kier alpha value is -2.77. The number of non-ortho nitro benzene ring substituents is 1. The van der Waals surface area contributed by atoms with Crippen LogP contribution in [0.1, 0.15) is 32.1 Å². The zero-order valence-corrected chi connectivity index (χ0v) is 17.7. The standard InChI is InChI=1S/C21H21N2O4S.ClH/c1-15-4-3-5-17(12-15)13-22-14-28-20(16(22)2)10-11-27-21(24)18-6-8-19(9-7-18)23(25)26;/h3-9,12,14H,10-11,13H2,1-2H3;1H/q+1;/p-1. The van der Waals surface area contributed by atoms with E-state index in [1.807, 2.05) is 0 Å². The maximum atomic E-state index is 12.1. The van der Waals surface area contributed by atoms with Gasteiger partial charge in [-0.1, -0.05) is 35.1 Å². The van der Waals surface area contributed by atoms with Gasteiger partial charge in [-0.3, -0.25) is 10.1 Å². The van der Waals surface area contributed by atoms with Crippen molar-refractivity contribution in [1.29, 1.82) is 0 Å². The van der Waals surface area contributed by atoms with E-state index in [1.54, 1.807) is 11.3 Å². The zero-order chi connectivity index (χ0) is 20.1. The molecular formula is C21H21ClN2O4S. The molecule has 1 aromatic heterocycles. The van der Waals surface area contributed by atoms with Gasteiger partial charge in [0.05, 0.1) is 22.0 Å². The van der Waals surface area contributed by atoms with Crippen LogP contribution < -0.4 is 17.0 Å². The summed E-state index contributed by atoms with van der Waals surface area (Å²) >= 11 is 1.65. The predicted molar refractivity (Wildman–Crippen MR) is 107 cm³/mol. The lowest BCUT2D eigenvalue weighted by Crippen LogP contribution is -3.00. The van der Waals surface area contributed by atoms with Crippen LogP contribution in [-0.2, 0) is 17.7 Å². The molecule has 0 unspecified atom stereocenters. The second-order valence-electron chi connectivity index (χ2n) is 6.54. The summed E-state index contributed by atoms with van der Waals surface area (Å²) in [6.07, 6.45) is 0.635. The first-order valence-corrected chi connectivity index (χ1v) is 9.75. The minimum atomic E-state index is -0.499. The number of aryl methyl sites for hydroxylation is 1. The Morgan fingerprint density at radius 3 is 2.55 bits per heavy atom. The smallest absolute Gasteiger partial charge is 0.338 e. The first-order chi connectivity index (χ1) is 13.4. The lowest BCUT2D eigenvalue weighted by atomic mass is 10.1. The molecule has 0 aliphatic heterocycles. The number of carbonyl (C=O) groups is 1. The highest BCUT2D eigenvalue weighted by atomic mass is 35.5.